The molecule has 0 unspecified atom stereocenters. The number of hydrogen-bond donors (Lipinski definition) is 0. The standard InChI is InChI=1S/C9H7F2IN2/c1-2-14-4-13-9-6(14)3-5(10)8(12)7(9)11/h3-4H,2H2,1H3. The van der Waals surface area contributed by atoms with Crippen LogP contribution in [0.4, 0.5) is 8.78 Å². The number of rotatable bonds is 1. The van der Waals surface area contributed by atoms with Crippen LogP contribution in [0.25, 0.3) is 11.0 Å². The summed E-state index contributed by atoms with van der Waals surface area (Å²) in [4.78, 5) is 3.91. The molecular formula is C9H7F2IN2. The summed E-state index contributed by atoms with van der Waals surface area (Å²) in [7, 11) is 0. The normalized spacial score (nSPS) is 11.1. The Morgan fingerprint density at radius 3 is 2.86 bits per heavy atom. The lowest BCUT2D eigenvalue weighted by Crippen LogP contribution is -1.94. The van der Waals surface area contributed by atoms with Gasteiger partial charge < -0.3 is 4.57 Å². The first-order chi connectivity index (χ1) is 6.65. The summed E-state index contributed by atoms with van der Waals surface area (Å²) >= 11 is 1.64. The quantitative estimate of drug-likeness (QED) is 0.585. The number of hydrogen-bond acceptors (Lipinski definition) is 1. The molecule has 0 aliphatic carbocycles. The number of nitrogens with zero attached hydrogens (tertiary/aromatic N) is 2. The van der Waals surface area contributed by atoms with Crippen molar-refractivity contribution in [2.24, 2.45) is 0 Å². The minimum absolute atomic E-state index is 0.00328. The molecule has 74 valence electrons. The minimum Gasteiger partial charge on any atom is -0.331 e. The fraction of sp³-hybridized carbons (Fsp3) is 0.222. The fourth-order valence-corrected chi connectivity index (χ4v) is 1.77. The summed E-state index contributed by atoms with van der Waals surface area (Å²) in [6.45, 7) is 2.55. The number of aryl methyl sites for hydroxylation is 1. The second-order valence-electron chi connectivity index (χ2n) is 2.88. The monoisotopic (exact) mass is 308 g/mol. The van der Waals surface area contributed by atoms with E-state index in [9.17, 15) is 8.78 Å². The lowest BCUT2D eigenvalue weighted by atomic mass is 10.3. The molecule has 0 aliphatic heterocycles. The van der Waals surface area contributed by atoms with Crippen molar-refractivity contribution in [1.29, 1.82) is 0 Å². The molecule has 14 heavy (non-hydrogen) atoms. The van der Waals surface area contributed by atoms with Gasteiger partial charge in [0.1, 0.15) is 11.3 Å². The molecule has 0 amide bonds. The van der Waals surface area contributed by atoms with E-state index in [0.717, 1.165) is 0 Å². The van der Waals surface area contributed by atoms with Crippen molar-refractivity contribution in [2.45, 2.75) is 13.5 Å². The molecule has 2 aromatic rings. The zero-order valence-electron chi connectivity index (χ0n) is 7.39. The fourth-order valence-electron chi connectivity index (χ4n) is 1.36. The van der Waals surface area contributed by atoms with E-state index in [1.165, 1.54) is 12.4 Å². The Morgan fingerprint density at radius 2 is 2.21 bits per heavy atom. The molecule has 5 heteroatoms. The molecule has 1 aromatic heterocycles. The van der Waals surface area contributed by atoms with Gasteiger partial charge in [0.25, 0.3) is 0 Å². The minimum atomic E-state index is -0.576. The van der Waals surface area contributed by atoms with E-state index in [4.69, 9.17) is 0 Å². The van der Waals surface area contributed by atoms with Crippen LogP contribution in [-0.2, 0) is 6.54 Å². The van der Waals surface area contributed by atoms with E-state index in [1.807, 2.05) is 6.92 Å². The van der Waals surface area contributed by atoms with Crippen LogP contribution in [0, 0.1) is 15.2 Å². The highest BCUT2D eigenvalue weighted by atomic mass is 127. The van der Waals surface area contributed by atoms with Gasteiger partial charge in [-0.05, 0) is 29.5 Å². The van der Waals surface area contributed by atoms with Crippen molar-refractivity contribution in [3.05, 3.63) is 27.6 Å². The second-order valence-corrected chi connectivity index (χ2v) is 3.96. The summed E-state index contributed by atoms with van der Waals surface area (Å²) in [5.74, 6) is -1.11. The molecule has 2 rings (SSSR count). The first kappa shape index (κ1) is 9.82. The van der Waals surface area contributed by atoms with Crippen molar-refractivity contribution in [3.63, 3.8) is 0 Å². The van der Waals surface area contributed by atoms with Crippen LogP contribution in [0.5, 0.6) is 0 Å². The Labute approximate surface area is 93.1 Å². The molecule has 0 atom stereocenters. The summed E-state index contributed by atoms with van der Waals surface area (Å²) < 4.78 is 28.4. The Kier molecular flexibility index (Phi) is 2.42. The van der Waals surface area contributed by atoms with Gasteiger partial charge in [-0.15, -0.1) is 0 Å². The van der Waals surface area contributed by atoms with Gasteiger partial charge in [-0.1, -0.05) is 0 Å². The maximum atomic E-state index is 13.5. The van der Waals surface area contributed by atoms with Gasteiger partial charge in [-0.2, -0.15) is 0 Å². The number of benzene rings is 1. The third-order valence-electron chi connectivity index (χ3n) is 2.09. The smallest absolute Gasteiger partial charge is 0.167 e. The molecule has 0 fully saturated rings. The highest BCUT2D eigenvalue weighted by molar-refractivity contribution is 14.1. The lowest BCUT2D eigenvalue weighted by molar-refractivity contribution is 0.577. The SMILES string of the molecule is CCn1cnc2c(F)c(I)c(F)cc21. The van der Waals surface area contributed by atoms with Crippen molar-refractivity contribution < 1.29 is 8.78 Å². The molecule has 0 radical (unpaired) electrons. The topological polar surface area (TPSA) is 17.8 Å². The number of halogens is 3. The van der Waals surface area contributed by atoms with Crippen LogP contribution in [0.3, 0.4) is 0 Å². The average molecular weight is 308 g/mol. The molecule has 2 nitrogen and oxygen atoms in total. The summed E-state index contributed by atoms with van der Waals surface area (Å²) in [6, 6.07) is 1.32. The highest BCUT2D eigenvalue weighted by Gasteiger charge is 2.14. The molecule has 0 bridgehead atoms. The Bertz CT molecular complexity index is 493. The zero-order valence-corrected chi connectivity index (χ0v) is 9.55. The molecule has 0 saturated carbocycles. The van der Waals surface area contributed by atoms with E-state index >= 15 is 0 Å². The van der Waals surface area contributed by atoms with E-state index in [-0.39, 0.29) is 9.09 Å². The summed E-state index contributed by atoms with van der Waals surface area (Å²) in [5, 5.41) is 0. The molecule has 0 N–H and O–H groups in total. The molecule has 1 aromatic carbocycles. The van der Waals surface area contributed by atoms with Crippen molar-refractivity contribution in [2.75, 3.05) is 0 Å². The van der Waals surface area contributed by atoms with Crippen LogP contribution in [-0.4, -0.2) is 9.55 Å². The van der Waals surface area contributed by atoms with Gasteiger partial charge >= 0.3 is 0 Å². The number of fused-ring (bicyclic) bond motifs is 1. The first-order valence-corrected chi connectivity index (χ1v) is 5.21. The van der Waals surface area contributed by atoms with E-state index in [2.05, 4.69) is 4.98 Å². The third-order valence-corrected chi connectivity index (χ3v) is 3.08. The van der Waals surface area contributed by atoms with Crippen LogP contribution < -0.4 is 0 Å². The van der Waals surface area contributed by atoms with Crippen LogP contribution >= 0.6 is 22.6 Å². The van der Waals surface area contributed by atoms with Crippen molar-refractivity contribution >= 4 is 33.6 Å². The van der Waals surface area contributed by atoms with Crippen molar-refractivity contribution in [3.8, 4) is 0 Å². The van der Waals surface area contributed by atoms with Gasteiger partial charge in [0, 0.05) is 12.6 Å². The number of aromatic nitrogens is 2. The van der Waals surface area contributed by atoms with Gasteiger partial charge in [0.05, 0.1) is 15.4 Å². The maximum Gasteiger partial charge on any atom is 0.167 e. The van der Waals surface area contributed by atoms with E-state index < -0.39 is 11.6 Å². The molecule has 1 heterocycles. The summed E-state index contributed by atoms with van der Waals surface area (Å²) in [6.07, 6.45) is 1.52. The van der Waals surface area contributed by atoms with Gasteiger partial charge in [0.2, 0.25) is 0 Å². The van der Waals surface area contributed by atoms with Crippen LogP contribution in [0.1, 0.15) is 6.92 Å². The van der Waals surface area contributed by atoms with Crippen LogP contribution in [0.2, 0.25) is 0 Å². The molecule has 0 spiro atoms. The van der Waals surface area contributed by atoms with Crippen LogP contribution in [0.15, 0.2) is 12.4 Å². The highest BCUT2D eigenvalue weighted by Crippen LogP contribution is 2.24. The second kappa shape index (κ2) is 3.45. The maximum absolute atomic E-state index is 13.5. The zero-order chi connectivity index (χ0) is 10.3. The van der Waals surface area contributed by atoms with Gasteiger partial charge in [-0.3, -0.25) is 0 Å². The third kappa shape index (κ3) is 1.30. The average Bonchev–Trinajstić information content (AvgIpc) is 2.57. The van der Waals surface area contributed by atoms with Crippen molar-refractivity contribution in [1.82, 2.24) is 9.55 Å². The summed E-state index contributed by atoms with van der Waals surface area (Å²) in [5.41, 5.74) is 0.737. The van der Waals surface area contributed by atoms with Gasteiger partial charge in [-0.25, -0.2) is 13.8 Å². The predicted molar refractivity (Wildman–Crippen MR) is 58.0 cm³/mol. The Hall–Kier alpha value is -0.720. The van der Waals surface area contributed by atoms with E-state index in [1.54, 1.807) is 27.2 Å². The molecule has 0 aliphatic rings. The van der Waals surface area contributed by atoms with Gasteiger partial charge in [0.15, 0.2) is 5.82 Å². The number of imidazole rings is 1. The predicted octanol–water partition coefficient (Wildman–Crippen LogP) is 2.94. The Morgan fingerprint density at radius 1 is 1.50 bits per heavy atom. The lowest BCUT2D eigenvalue weighted by Gasteiger charge is -2.01. The Balaban J connectivity index is 2.86. The largest absolute Gasteiger partial charge is 0.331 e. The molecular weight excluding hydrogens is 301 g/mol. The molecule has 0 saturated heterocycles. The van der Waals surface area contributed by atoms with E-state index in [0.29, 0.717) is 12.1 Å². The first-order valence-electron chi connectivity index (χ1n) is 4.13.